The Labute approximate surface area is 110 Å². The van der Waals surface area contributed by atoms with Crippen LogP contribution in [0.1, 0.15) is 11.1 Å². The minimum absolute atomic E-state index is 0.0380. The second kappa shape index (κ2) is 5.77. The molecule has 96 valence electrons. The van der Waals surface area contributed by atoms with Gasteiger partial charge >= 0.3 is 0 Å². The van der Waals surface area contributed by atoms with E-state index < -0.39 is 4.92 Å². The first-order chi connectivity index (χ1) is 9.16. The van der Waals surface area contributed by atoms with Gasteiger partial charge in [0.1, 0.15) is 0 Å². The van der Waals surface area contributed by atoms with Crippen LogP contribution in [0.15, 0.2) is 53.6 Å². The number of nitrogens with one attached hydrogen (secondary N) is 1. The molecule has 0 spiro atoms. The quantitative estimate of drug-likeness (QED) is 0.517. The Morgan fingerprint density at radius 2 is 2.00 bits per heavy atom. The molecule has 2 rings (SSSR count). The van der Waals surface area contributed by atoms with Crippen molar-refractivity contribution < 1.29 is 4.92 Å². The van der Waals surface area contributed by atoms with E-state index in [0.717, 1.165) is 11.1 Å². The molecule has 0 amide bonds. The number of rotatable bonds is 4. The maximum absolute atomic E-state index is 10.6. The molecule has 19 heavy (non-hydrogen) atoms. The Morgan fingerprint density at radius 1 is 1.21 bits per heavy atom. The third kappa shape index (κ3) is 3.38. The van der Waals surface area contributed by atoms with Crippen LogP contribution in [0.3, 0.4) is 0 Å². The van der Waals surface area contributed by atoms with E-state index in [2.05, 4.69) is 10.5 Å². The van der Waals surface area contributed by atoms with Crippen molar-refractivity contribution in [2.24, 2.45) is 5.10 Å². The normalized spacial score (nSPS) is 10.6. The van der Waals surface area contributed by atoms with Crippen LogP contribution >= 0.6 is 0 Å². The van der Waals surface area contributed by atoms with E-state index in [4.69, 9.17) is 0 Å². The summed E-state index contributed by atoms with van der Waals surface area (Å²) in [6.07, 6.45) is 1.69. The highest BCUT2D eigenvalue weighted by Crippen LogP contribution is 2.16. The van der Waals surface area contributed by atoms with Gasteiger partial charge in [0.05, 0.1) is 16.8 Å². The topological polar surface area (TPSA) is 67.5 Å². The van der Waals surface area contributed by atoms with Crippen molar-refractivity contribution in [1.29, 1.82) is 0 Å². The van der Waals surface area contributed by atoms with Crippen LogP contribution in [0.5, 0.6) is 0 Å². The summed E-state index contributed by atoms with van der Waals surface area (Å²) in [5, 5.41) is 14.7. The maximum Gasteiger partial charge on any atom is 0.271 e. The van der Waals surface area contributed by atoms with Crippen molar-refractivity contribution >= 4 is 17.6 Å². The van der Waals surface area contributed by atoms with Crippen LogP contribution in [0, 0.1) is 17.0 Å². The third-order valence-corrected chi connectivity index (χ3v) is 2.64. The second-order valence-corrected chi connectivity index (χ2v) is 4.03. The fourth-order valence-corrected chi connectivity index (χ4v) is 1.60. The van der Waals surface area contributed by atoms with Gasteiger partial charge in [0.25, 0.3) is 5.69 Å². The van der Waals surface area contributed by atoms with E-state index in [0.29, 0.717) is 5.69 Å². The molecule has 1 N–H and O–H groups in total. The van der Waals surface area contributed by atoms with Gasteiger partial charge in [-0.05, 0) is 24.1 Å². The molecule has 0 fully saturated rings. The highest BCUT2D eigenvalue weighted by molar-refractivity contribution is 5.82. The predicted molar refractivity (Wildman–Crippen MR) is 75.5 cm³/mol. The molecule has 0 saturated heterocycles. The zero-order valence-corrected chi connectivity index (χ0v) is 10.4. The lowest BCUT2D eigenvalue weighted by Gasteiger charge is -2.01. The molecule has 2 aromatic rings. The number of hydrogen-bond donors (Lipinski definition) is 1. The molecular formula is C14H13N3O2. The highest BCUT2D eigenvalue weighted by atomic mass is 16.6. The first-order valence-corrected chi connectivity index (χ1v) is 5.76. The van der Waals surface area contributed by atoms with Crippen molar-refractivity contribution in [2.75, 3.05) is 5.43 Å². The smallest absolute Gasteiger partial charge is 0.271 e. The molecule has 0 bridgehead atoms. The summed E-state index contributed by atoms with van der Waals surface area (Å²) in [4.78, 5) is 10.2. The minimum atomic E-state index is -0.434. The Bertz CT molecular complexity index is 624. The van der Waals surface area contributed by atoms with Gasteiger partial charge in [-0.15, -0.1) is 0 Å². The molecule has 5 nitrogen and oxygen atoms in total. The number of hydrogen-bond acceptors (Lipinski definition) is 4. The van der Waals surface area contributed by atoms with Crippen LogP contribution < -0.4 is 5.43 Å². The van der Waals surface area contributed by atoms with Gasteiger partial charge in [-0.1, -0.05) is 30.3 Å². The molecule has 0 heterocycles. The average Bonchev–Trinajstić information content (AvgIpc) is 2.41. The minimum Gasteiger partial charge on any atom is -0.278 e. The van der Waals surface area contributed by atoms with E-state index in [-0.39, 0.29) is 5.69 Å². The SMILES string of the molecule is Cc1ccccc1C=NNc1cccc([N+](=O)[O-])c1. The summed E-state index contributed by atoms with van der Waals surface area (Å²) in [5.41, 5.74) is 5.52. The number of aryl methyl sites for hydroxylation is 1. The van der Waals surface area contributed by atoms with Gasteiger partial charge in [-0.25, -0.2) is 0 Å². The number of nitro groups is 1. The number of benzene rings is 2. The summed E-state index contributed by atoms with van der Waals surface area (Å²) < 4.78 is 0. The molecule has 5 heteroatoms. The Hall–Kier alpha value is -2.69. The summed E-state index contributed by atoms with van der Waals surface area (Å²) in [6, 6.07) is 14.1. The van der Waals surface area contributed by atoms with Crippen molar-refractivity contribution in [3.8, 4) is 0 Å². The maximum atomic E-state index is 10.6. The molecule has 2 aromatic carbocycles. The monoisotopic (exact) mass is 255 g/mol. The van der Waals surface area contributed by atoms with Crippen LogP contribution in [-0.2, 0) is 0 Å². The molecule has 0 unspecified atom stereocenters. The second-order valence-electron chi connectivity index (χ2n) is 4.03. The Balaban J connectivity index is 2.09. The molecule has 0 aromatic heterocycles. The van der Waals surface area contributed by atoms with Crippen LogP contribution in [0.4, 0.5) is 11.4 Å². The Kier molecular flexibility index (Phi) is 3.87. The van der Waals surface area contributed by atoms with Gasteiger partial charge in [-0.3, -0.25) is 15.5 Å². The molecule has 0 aliphatic heterocycles. The average molecular weight is 255 g/mol. The molecular weight excluding hydrogens is 242 g/mol. The van der Waals surface area contributed by atoms with Gasteiger partial charge in [-0.2, -0.15) is 5.10 Å². The van der Waals surface area contributed by atoms with Gasteiger partial charge in [0, 0.05) is 12.1 Å². The lowest BCUT2D eigenvalue weighted by molar-refractivity contribution is -0.384. The number of non-ortho nitro benzene ring substituents is 1. The number of anilines is 1. The standard InChI is InChI=1S/C14H13N3O2/c1-11-5-2-3-6-12(11)10-15-16-13-7-4-8-14(9-13)17(18)19/h2-10,16H,1H3. The fourth-order valence-electron chi connectivity index (χ4n) is 1.60. The molecule has 0 radical (unpaired) electrons. The van der Waals surface area contributed by atoms with Crippen molar-refractivity contribution in [3.63, 3.8) is 0 Å². The molecule has 0 aliphatic carbocycles. The molecule has 0 aliphatic rings. The first kappa shape index (κ1) is 12.8. The largest absolute Gasteiger partial charge is 0.278 e. The van der Waals surface area contributed by atoms with E-state index in [9.17, 15) is 10.1 Å². The summed E-state index contributed by atoms with van der Waals surface area (Å²) in [6.45, 7) is 1.99. The zero-order valence-electron chi connectivity index (χ0n) is 10.4. The Morgan fingerprint density at radius 3 is 2.74 bits per heavy atom. The van der Waals surface area contributed by atoms with Crippen molar-refractivity contribution in [1.82, 2.24) is 0 Å². The predicted octanol–water partition coefficient (Wildman–Crippen LogP) is 3.35. The summed E-state index contributed by atoms with van der Waals surface area (Å²) in [7, 11) is 0. The van der Waals surface area contributed by atoms with Crippen LogP contribution in [0.25, 0.3) is 0 Å². The lowest BCUT2D eigenvalue weighted by Crippen LogP contribution is -1.94. The van der Waals surface area contributed by atoms with E-state index in [1.807, 2.05) is 31.2 Å². The highest BCUT2D eigenvalue weighted by Gasteiger charge is 2.04. The third-order valence-electron chi connectivity index (χ3n) is 2.64. The summed E-state index contributed by atoms with van der Waals surface area (Å²) >= 11 is 0. The van der Waals surface area contributed by atoms with E-state index >= 15 is 0 Å². The lowest BCUT2D eigenvalue weighted by atomic mass is 10.1. The van der Waals surface area contributed by atoms with Gasteiger partial charge in [0.2, 0.25) is 0 Å². The number of hydrazone groups is 1. The van der Waals surface area contributed by atoms with Crippen LogP contribution in [0.2, 0.25) is 0 Å². The van der Waals surface area contributed by atoms with E-state index in [1.54, 1.807) is 18.3 Å². The van der Waals surface area contributed by atoms with Crippen molar-refractivity contribution in [3.05, 3.63) is 69.8 Å². The van der Waals surface area contributed by atoms with Gasteiger partial charge in [0.15, 0.2) is 0 Å². The molecule has 0 saturated carbocycles. The number of nitro benzene ring substituents is 1. The fraction of sp³-hybridized carbons (Fsp3) is 0.0714. The first-order valence-electron chi connectivity index (χ1n) is 5.76. The zero-order chi connectivity index (χ0) is 13.7. The number of nitrogens with zero attached hydrogens (tertiary/aromatic N) is 2. The van der Waals surface area contributed by atoms with Crippen LogP contribution in [-0.4, -0.2) is 11.1 Å². The molecule has 0 atom stereocenters. The van der Waals surface area contributed by atoms with E-state index in [1.165, 1.54) is 12.1 Å². The summed E-state index contributed by atoms with van der Waals surface area (Å²) in [5.74, 6) is 0. The van der Waals surface area contributed by atoms with Crippen molar-refractivity contribution in [2.45, 2.75) is 6.92 Å². The van der Waals surface area contributed by atoms with Gasteiger partial charge < -0.3 is 0 Å².